The number of benzene rings is 1. The first-order chi connectivity index (χ1) is 14.1. The van der Waals surface area contributed by atoms with Crippen molar-refractivity contribution < 1.29 is 13.6 Å². The molecular weight excluding hydrogens is 381 g/mol. The third-order valence-electron chi connectivity index (χ3n) is 5.81. The molecule has 29 heavy (non-hydrogen) atoms. The van der Waals surface area contributed by atoms with Crippen molar-refractivity contribution in [1.29, 1.82) is 0 Å². The smallest absolute Gasteiger partial charge is 0.309 e. The van der Waals surface area contributed by atoms with Gasteiger partial charge in [0, 0.05) is 13.1 Å². The van der Waals surface area contributed by atoms with Gasteiger partial charge in [0.15, 0.2) is 0 Å². The number of hydrogen-bond acceptors (Lipinski definition) is 4. The minimum atomic E-state index is -2.98. The third kappa shape index (κ3) is 8.53. The fourth-order valence-corrected chi connectivity index (χ4v) is 6.26. The summed E-state index contributed by atoms with van der Waals surface area (Å²) in [5, 5.41) is 0. The van der Waals surface area contributed by atoms with Gasteiger partial charge in [0.05, 0.1) is 18.9 Å². The summed E-state index contributed by atoms with van der Waals surface area (Å²) in [4.78, 5) is 2.38. The molecular formula is C24H42NO3P. The molecule has 1 aliphatic rings. The Morgan fingerprint density at radius 1 is 0.897 bits per heavy atom. The second-order valence-electron chi connectivity index (χ2n) is 8.24. The van der Waals surface area contributed by atoms with E-state index in [0.29, 0.717) is 13.2 Å². The molecule has 0 radical (unpaired) electrons. The highest BCUT2D eigenvalue weighted by molar-refractivity contribution is 7.54. The summed E-state index contributed by atoms with van der Waals surface area (Å²) in [6.07, 6.45) is 11.6. The predicted molar refractivity (Wildman–Crippen MR) is 123 cm³/mol. The summed E-state index contributed by atoms with van der Waals surface area (Å²) in [6.45, 7) is 9.56. The highest BCUT2D eigenvalue weighted by Crippen LogP contribution is 2.55. The van der Waals surface area contributed by atoms with Crippen LogP contribution in [0.3, 0.4) is 0 Å². The molecule has 4 nitrogen and oxygen atoms in total. The minimum absolute atomic E-state index is 0.000926. The zero-order chi connectivity index (χ0) is 21.0. The van der Waals surface area contributed by atoms with Crippen LogP contribution in [0.2, 0.25) is 0 Å². The third-order valence-corrected chi connectivity index (χ3v) is 8.36. The number of hydrogen-bond donors (Lipinski definition) is 0. The Morgan fingerprint density at radius 2 is 1.48 bits per heavy atom. The number of unbranched alkanes of at least 4 members (excludes halogenated alkanes) is 6. The Kier molecular flexibility index (Phi) is 11.5. The normalized spacial score (nSPS) is 17.8. The van der Waals surface area contributed by atoms with E-state index < -0.39 is 7.60 Å². The first kappa shape index (κ1) is 24.6. The fourth-order valence-electron chi connectivity index (χ4n) is 4.18. The first-order valence-electron chi connectivity index (χ1n) is 11.8. The Labute approximate surface area is 178 Å². The lowest BCUT2D eigenvalue weighted by Gasteiger charge is -2.23. The van der Waals surface area contributed by atoms with Crippen molar-refractivity contribution in [3.05, 3.63) is 35.4 Å². The van der Waals surface area contributed by atoms with Gasteiger partial charge in [-0.1, -0.05) is 69.7 Å². The molecule has 1 aromatic rings. The topological polar surface area (TPSA) is 38.8 Å². The second-order valence-corrected chi connectivity index (χ2v) is 10.6. The maximum Gasteiger partial charge on any atom is 0.335 e. The van der Waals surface area contributed by atoms with Gasteiger partial charge in [0.1, 0.15) is 0 Å². The maximum absolute atomic E-state index is 13.0. The van der Waals surface area contributed by atoms with E-state index >= 15 is 0 Å². The van der Waals surface area contributed by atoms with E-state index in [1.165, 1.54) is 62.5 Å². The molecule has 1 aromatic carbocycles. The van der Waals surface area contributed by atoms with Crippen molar-refractivity contribution in [3.8, 4) is 0 Å². The zero-order valence-corrected chi connectivity index (χ0v) is 19.8. The zero-order valence-electron chi connectivity index (χ0n) is 18.9. The number of aryl methyl sites for hydroxylation is 1. The number of rotatable bonds is 15. The standard InChI is InChI=1S/C24H42NO3P/c1-4-7-8-9-10-11-12-13-22-14-16-23(17-15-22)20-25-19-18-24(21-25)29(26,27-5-2)28-6-3/h14-17,24H,4-13,18-21H2,1-3H3. The molecule has 0 bridgehead atoms. The van der Waals surface area contributed by atoms with Crippen molar-refractivity contribution >= 4 is 7.60 Å². The van der Waals surface area contributed by atoms with E-state index in [2.05, 4.69) is 36.1 Å². The van der Waals surface area contributed by atoms with Crippen LogP contribution in [0.5, 0.6) is 0 Å². The molecule has 1 saturated heterocycles. The summed E-state index contributed by atoms with van der Waals surface area (Å²) >= 11 is 0. The minimum Gasteiger partial charge on any atom is -0.309 e. The maximum atomic E-state index is 13.0. The average Bonchev–Trinajstić information content (AvgIpc) is 3.18. The molecule has 0 saturated carbocycles. The van der Waals surface area contributed by atoms with Crippen LogP contribution in [0, 0.1) is 0 Å². The van der Waals surface area contributed by atoms with Gasteiger partial charge in [-0.05, 0) is 50.8 Å². The summed E-state index contributed by atoms with van der Waals surface area (Å²) in [7, 11) is -2.98. The van der Waals surface area contributed by atoms with Crippen LogP contribution in [-0.4, -0.2) is 36.9 Å². The fraction of sp³-hybridized carbons (Fsp3) is 0.750. The van der Waals surface area contributed by atoms with Gasteiger partial charge in [-0.15, -0.1) is 0 Å². The van der Waals surface area contributed by atoms with Crippen LogP contribution in [-0.2, 0) is 26.6 Å². The van der Waals surface area contributed by atoms with E-state index in [0.717, 1.165) is 26.1 Å². The van der Waals surface area contributed by atoms with Crippen molar-refractivity contribution in [3.63, 3.8) is 0 Å². The highest BCUT2D eigenvalue weighted by Gasteiger charge is 2.40. The van der Waals surface area contributed by atoms with Crippen molar-refractivity contribution in [2.45, 2.75) is 90.8 Å². The van der Waals surface area contributed by atoms with E-state index in [9.17, 15) is 4.57 Å². The lowest BCUT2D eigenvalue weighted by atomic mass is 10.0. The van der Waals surface area contributed by atoms with Crippen molar-refractivity contribution in [2.24, 2.45) is 0 Å². The number of likely N-dealkylation sites (tertiary alicyclic amines) is 1. The monoisotopic (exact) mass is 423 g/mol. The molecule has 0 spiro atoms. The molecule has 2 rings (SSSR count). The first-order valence-corrected chi connectivity index (χ1v) is 13.4. The van der Waals surface area contributed by atoms with Gasteiger partial charge in [0.2, 0.25) is 0 Å². The lowest BCUT2D eigenvalue weighted by molar-refractivity contribution is 0.210. The summed E-state index contributed by atoms with van der Waals surface area (Å²) in [6, 6.07) is 9.08. The molecule has 1 unspecified atom stereocenters. The molecule has 5 heteroatoms. The van der Waals surface area contributed by atoms with E-state index in [-0.39, 0.29) is 5.66 Å². The lowest BCUT2D eigenvalue weighted by Crippen LogP contribution is -2.22. The largest absolute Gasteiger partial charge is 0.335 e. The van der Waals surface area contributed by atoms with Gasteiger partial charge >= 0.3 is 7.60 Å². The van der Waals surface area contributed by atoms with Crippen LogP contribution in [0.25, 0.3) is 0 Å². The van der Waals surface area contributed by atoms with Crippen LogP contribution in [0.4, 0.5) is 0 Å². The molecule has 1 fully saturated rings. The van der Waals surface area contributed by atoms with Crippen LogP contribution in [0.15, 0.2) is 24.3 Å². The average molecular weight is 424 g/mol. The van der Waals surface area contributed by atoms with Gasteiger partial charge in [-0.3, -0.25) is 9.46 Å². The van der Waals surface area contributed by atoms with Gasteiger partial charge in [-0.25, -0.2) is 0 Å². The molecule has 1 aliphatic heterocycles. The van der Waals surface area contributed by atoms with Crippen LogP contribution in [0.1, 0.15) is 83.3 Å². The summed E-state index contributed by atoms with van der Waals surface area (Å²) in [5.74, 6) is 0. The SMILES string of the molecule is CCCCCCCCCc1ccc(CN2CCC(P(=O)(OCC)OCC)C2)cc1. The van der Waals surface area contributed by atoms with Crippen molar-refractivity contribution in [2.75, 3.05) is 26.3 Å². The van der Waals surface area contributed by atoms with E-state index in [1.807, 2.05) is 13.8 Å². The molecule has 1 heterocycles. The molecule has 1 atom stereocenters. The van der Waals surface area contributed by atoms with Crippen molar-refractivity contribution in [1.82, 2.24) is 4.90 Å². The molecule has 0 aliphatic carbocycles. The van der Waals surface area contributed by atoms with Crippen LogP contribution >= 0.6 is 7.60 Å². The Bertz CT molecular complexity index is 595. The molecule has 0 N–H and O–H groups in total. The van der Waals surface area contributed by atoms with Gasteiger partial charge < -0.3 is 9.05 Å². The van der Waals surface area contributed by atoms with Crippen LogP contribution < -0.4 is 0 Å². The van der Waals surface area contributed by atoms with E-state index in [1.54, 1.807) is 0 Å². The Balaban J connectivity index is 1.72. The molecule has 166 valence electrons. The quantitative estimate of drug-likeness (QED) is 0.229. The van der Waals surface area contributed by atoms with E-state index in [4.69, 9.17) is 9.05 Å². The van der Waals surface area contributed by atoms with Gasteiger partial charge in [0.25, 0.3) is 0 Å². The predicted octanol–water partition coefficient (Wildman–Crippen LogP) is 6.82. The Morgan fingerprint density at radius 3 is 2.10 bits per heavy atom. The number of nitrogens with zero attached hydrogens (tertiary/aromatic N) is 1. The second kappa shape index (κ2) is 13.6. The summed E-state index contributed by atoms with van der Waals surface area (Å²) in [5.41, 5.74) is 2.77. The highest BCUT2D eigenvalue weighted by atomic mass is 31.2. The molecule has 0 amide bonds. The summed E-state index contributed by atoms with van der Waals surface area (Å²) < 4.78 is 24.1. The molecule has 0 aromatic heterocycles. The van der Waals surface area contributed by atoms with Gasteiger partial charge in [-0.2, -0.15) is 0 Å². The Hall–Kier alpha value is -0.670.